The Labute approximate surface area is 123 Å². The molecule has 1 saturated carbocycles. The molecular formula is C16H18ClFO2. The second-order valence-corrected chi connectivity index (χ2v) is 5.79. The molecule has 0 spiro atoms. The summed E-state index contributed by atoms with van der Waals surface area (Å²) in [7, 11) is 0. The fourth-order valence-electron chi connectivity index (χ4n) is 3.07. The highest BCUT2D eigenvalue weighted by atomic mass is 35.5. The third-order valence-electron chi connectivity index (χ3n) is 4.23. The van der Waals surface area contributed by atoms with E-state index >= 15 is 0 Å². The fraction of sp³-hybridized carbons (Fsp3) is 0.438. The monoisotopic (exact) mass is 296 g/mol. The Bertz CT molecular complexity index is 507. The number of halogens is 2. The Kier molecular flexibility index (Phi) is 4.81. The topological polar surface area (TPSA) is 37.3 Å². The summed E-state index contributed by atoms with van der Waals surface area (Å²) in [5, 5.41) is 9.28. The number of carbonyl (C=O) groups is 1. The summed E-state index contributed by atoms with van der Waals surface area (Å²) in [5.74, 6) is -1.24. The van der Waals surface area contributed by atoms with Crippen LogP contribution in [0.3, 0.4) is 0 Å². The SMILES string of the molecule is C=CC(C(=O)O)C1CCC(c2ccc(Cl)c(F)c2)CC1. The van der Waals surface area contributed by atoms with Crippen molar-refractivity contribution in [1.29, 1.82) is 0 Å². The first kappa shape index (κ1) is 15.0. The van der Waals surface area contributed by atoms with Gasteiger partial charge in [0.1, 0.15) is 5.82 Å². The third-order valence-corrected chi connectivity index (χ3v) is 4.54. The molecule has 1 N–H and O–H groups in total. The second kappa shape index (κ2) is 6.40. The predicted molar refractivity (Wildman–Crippen MR) is 77.4 cm³/mol. The zero-order chi connectivity index (χ0) is 14.7. The van der Waals surface area contributed by atoms with Gasteiger partial charge in [0.2, 0.25) is 0 Å². The number of benzene rings is 1. The molecule has 4 heteroatoms. The average Bonchev–Trinajstić information content (AvgIpc) is 2.43. The van der Waals surface area contributed by atoms with Crippen molar-refractivity contribution in [2.75, 3.05) is 0 Å². The van der Waals surface area contributed by atoms with Gasteiger partial charge >= 0.3 is 5.97 Å². The molecule has 0 heterocycles. The van der Waals surface area contributed by atoms with Gasteiger partial charge in [-0.05, 0) is 55.2 Å². The minimum atomic E-state index is -0.805. The van der Waals surface area contributed by atoms with E-state index < -0.39 is 11.9 Å². The van der Waals surface area contributed by atoms with Gasteiger partial charge in [0, 0.05) is 0 Å². The van der Waals surface area contributed by atoms with Crippen molar-refractivity contribution >= 4 is 17.6 Å². The number of hydrogen-bond donors (Lipinski definition) is 1. The number of carboxylic acids is 1. The van der Waals surface area contributed by atoms with Crippen molar-refractivity contribution < 1.29 is 14.3 Å². The lowest BCUT2D eigenvalue weighted by Gasteiger charge is -2.31. The highest BCUT2D eigenvalue weighted by Gasteiger charge is 2.30. The van der Waals surface area contributed by atoms with Gasteiger partial charge in [-0.3, -0.25) is 4.79 Å². The maximum Gasteiger partial charge on any atom is 0.310 e. The van der Waals surface area contributed by atoms with Crippen LogP contribution in [-0.2, 0) is 4.79 Å². The van der Waals surface area contributed by atoms with Crippen LogP contribution in [0.15, 0.2) is 30.9 Å². The first-order chi connectivity index (χ1) is 9.52. The fourth-order valence-corrected chi connectivity index (χ4v) is 3.19. The summed E-state index contributed by atoms with van der Waals surface area (Å²) in [6.45, 7) is 3.61. The van der Waals surface area contributed by atoms with E-state index in [1.807, 2.05) is 6.07 Å². The molecule has 1 aliphatic rings. The number of rotatable bonds is 4. The molecule has 2 rings (SSSR count). The molecule has 108 valence electrons. The van der Waals surface area contributed by atoms with E-state index in [4.69, 9.17) is 16.7 Å². The van der Waals surface area contributed by atoms with E-state index in [1.165, 1.54) is 12.1 Å². The molecule has 1 unspecified atom stereocenters. The standard InChI is InChI=1S/C16H18ClFO2/c1-2-13(16(19)20)11-5-3-10(4-6-11)12-7-8-14(17)15(18)9-12/h2,7-11,13H,1,3-6H2,(H,19,20). The van der Waals surface area contributed by atoms with Gasteiger partial charge in [0.15, 0.2) is 0 Å². The van der Waals surface area contributed by atoms with Gasteiger partial charge < -0.3 is 5.11 Å². The van der Waals surface area contributed by atoms with Crippen molar-refractivity contribution in [3.63, 3.8) is 0 Å². The molecular weight excluding hydrogens is 279 g/mol. The Balaban J connectivity index is 2.02. The predicted octanol–water partition coefficient (Wildman–Crippen LogP) is 4.64. The molecule has 0 amide bonds. The van der Waals surface area contributed by atoms with Crippen LogP contribution in [0.4, 0.5) is 4.39 Å². The number of hydrogen-bond acceptors (Lipinski definition) is 1. The van der Waals surface area contributed by atoms with Crippen molar-refractivity contribution in [3.05, 3.63) is 47.3 Å². The second-order valence-electron chi connectivity index (χ2n) is 5.38. The molecule has 0 aliphatic heterocycles. The van der Waals surface area contributed by atoms with Crippen molar-refractivity contribution in [1.82, 2.24) is 0 Å². The Morgan fingerprint density at radius 1 is 1.40 bits per heavy atom. The molecule has 1 aliphatic carbocycles. The number of aliphatic carboxylic acids is 1. The van der Waals surface area contributed by atoms with Crippen LogP contribution in [0.25, 0.3) is 0 Å². The Morgan fingerprint density at radius 2 is 2.05 bits per heavy atom. The smallest absolute Gasteiger partial charge is 0.310 e. The first-order valence-corrected chi connectivity index (χ1v) is 7.21. The molecule has 1 fully saturated rings. The van der Waals surface area contributed by atoms with Crippen LogP contribution in [0.2, 0.25) is 5.02 Å². The summed E-state index contributed by atoms with van der Waals surface area (Å²) in [6, 6.07) is 4.94. The number of carboxylic acid groups (broad SMARTS) is 1. The molecule has 20 heavy (non-hydrogen) atoms. The van der Waals surface area contributed by atoms with Gasteiger partial charge in [-0.25, -0.2) is 4.39 Å². The van der Waals surface area contributed by atoms with Gasteiger partial charge in [-0.1, -0.05) is 23.7 Å². The van der Waals surface area contributed by atoms with Crippen LogP contribution in [0.5, 0.6) is 0 Å². The van der Waals surface area contributed by atoms with Crippen molar-refractivity contribution in [3.8, 4) is 0 Å². The molecule has 2 nitrogen and oxygen atoms in total. The van der Waals surface area contributed by atoms with Crippen LogP contribution < -0.4 is 0 Å². The summed E-state index contributed by atoms with van der Waals surface area (Å²) in [6.07, 6.45) is 4.94. The Hall–Kier alpha value is -1.35. The van der Waals surface area contributed by atoms with Gasteiger partial charge in [-0.2, -0.15) is 0 Å². The normalized spacial score (nSPS) is 24.1. The lowest BCUT2D eigenvalue weighted by molar-refractivity contribution is -0.142. The molecule has 0 bridgehead atoms. The van der Waals surface area contributed by atoms with Crippen LogP contribution in [-0.4, -0.2) is 11.1 Å². The van der Waals surface area contributed by atoms with Crippen molar-refractivity contribution in [2.45, 2.75) is 31.6 Å². The van der Waals surface area contributed by atoms with Gasteiger partial charge in [0.05, 0.1) is 10.9 Å². The largest absolute Gasteiger partial charge is 0.481 e. The highest BCUT2D eigenvalue weighted by molar-refractivity contribution is 6.30. The van der Waals surface area contributed by atoms with E-state index in [0.717, 1.165) is 31.2 Å². The molecule has 1 aromatic rings. The molecule has 1 aromatic carbocycles. The summed E-state index contributed by atoms with van der Waals surface area (Å²) >= 11 is 5.69. The van der Waals surface area contributed by atoms with E-state index in [1.54, 1.807) is 6.07 Å². The van der Waals surface area contributed by atoms with E-state index in [-0.39, 0.29) is 22.7 Å². The average molecular weight is 297 g/mol. The summed E-state index contributed by atoms with van der Waals surface area (Å²) in [5.41, 5.74) is 0.954. The quantitative estimate of drug-likeness (QED) is 0.822. The summed E-state index contributed by atoms with van der Waals surface area (Å²) in [4.78, 5) is 11.1. The maximum atomic E-state index is 13.5. The van der Waals surface area contributed by atoms with E-state index in [2.05, 4.69) is 6.58 Å². The van der Waals surface area contributed by atoms with Gasteiger partial charge in [-0.15, -0.1) is 6.58 Å². The maximum absolute atomic E-state index is 13.5. The Morgan fingerprint density at radius 3 is 2.55 bits per heavy atom. The van der Waals surface area contributed by atoms with E-state index in [9.17, 15) is 9.18 Å². The highest BCUT2D eigenvalue weighted by Crippen LogP contribution is 2.39. The van der Waals surface area contributed by atoms with Crippen LogP contribution in [0.1, 0.15) is 37.2 Å². The van der Waals surface area contributed by atoms with E-state index in [0.29, 0.717) is 0 Å². The van der Waals surface area contributed by atoms with Crippen LogP contribution in [0, 0.1) is 17.7 Å². The third kappa shape index (κ3) is 3.21. The lowest BCUT2D eigenvalue weighted by Crippen LogP contribution is -2.25. The van der Waals surface area contributed by atoms with Crippen LogP contribution >= 0.6 is 11.6 Å². The first-order valence-electron chi connectivity index (χ1n) is 6.83. The molecule has 1 atom stereocenters. The lowest BCUT2D eigenvalue weighted by atomic mass is 9.74. The van der Waals surface area contributed by atoms with Crippen molar-refractivity contribution in [2.24, 2.45) is 11.8 Å². The zero-order valence-electron chi connectivity index (χ0n) is 11.2. The molecule has 0 saturated heterocycles. The summed E-state index contributed by atoms with van der Waals surface area (Å²) < 4.78 is 13.5. The molecule has 0 radical (unpaired) electrons. The zero-order valence-corrected chi connectivity index (χ0v) is 11.9. The minimum Gasteiger partial charge on any atom is -0.481 e. The van der Waals surface area contributed by atoms with Gasteiger partial charge in [0.25, 0.3) is 0 Å². The molecule has 0 aromatic heterocycles. The minimum absolute atomic E-state index is 0.137.